The first-order valence-corrected chi connectivity index (χ1v) is 8.33. The smallest absolute Gasteiger partial charge is 0.00135 e. The molecule has 0 aromatic heterocycles. The van der Waals surface area contributed by atoms with Gasteiger partial charge in [-0.1, -0.05) is 48.7 Å². The summed E-state index contributed by atoms with van der Waals surface area (Å²) in [7, 11) is 0. The largest absolute Gasteiger partial charge is 0.303 e. The van der Waals surface area contributed by atoms with Crippen LogP contribution in [0.5, 0.6) is 0 Å². The molecule has 1 saturated heterocycles. The van der Waals surface area contributed by atoms with Gasteiger partial charge in [0.2, 0.25) is 0 Å². The summed E-state index contributed by atoms with van der Waals surface area (Å²) in [5.41, 5.74) is 3.40. The van der Waals surface area contributed by atoms with E-state index < -0.39 is 0 Å². The predicted octanol–water partition coefficient (Wildman–Crippen LogP) is 4.97. The number of nitrogens with zero attached hydrogens (tertiary/aromatic N) is 1. The van der Waals surface area contributed by atoms with Crippen molar-refractivity contribution in [2.45, 2.75) is 59.3 Å². The third-order valence-electron chi connectivity index (χ3n) is 5.01. The zero-order chi connectivity index (χ0) is 14.4. The van der Waals surface area contributed by atoms with E-state index in [4.69, 9.17) is 0 Å². The van der Waals surface area contributed by atoms with E-state index in [0.29, 0.717) is 0 Å². The molecule has 2 aliphatic rings. The Morgan fingerprint density at radius 1 is 0.900 bits per heavy atom. The molecule has 3 rings (SSSR count). The van der Waals surface area contributed by atoms with Crippen molar-refractivity contribution < 1.29 is 0 Å². The van der Waals surface area contributed by atoms with Crippen molar-refractivity contribution in [2.75, 3.05) is 19.6 Å². The van der Waals surface area contributed by atoms with Crippen LogP contribution in [0.25, 0.3) is 0 Å². The molecule has 0 bridgehead atoms. The highest BCUT2D eigenvalue weighted by molar-refractivity contribution is 5.19. The molecule has 1 aromatic rings. The molecule has 0 N–H and O–H groups in total. The maximum atomic E-state index is 2.64. The Kier molecular flexibility index (Phi) is 5.65. The van der Waals surface area contributed by atoms with Crippen LogP contribution >= 0.6 is 0 Å². The van der Waals surface area contributed by atoms with Crippen molar-refractivity contribution in [1.29, 1.82) is 0 Å². The zero-order valence-electron chi connectivity index (χ0n) is 13.6. The molecule has 112 valence electrons. The highest BCUT2D eigenvalue weighted by Crippen LogP contribution is 2.43. The predicted molar refractivity (Wildman–Crippen MR) is 88.2 cm³/mol. The molecule has 0 amide bonds. The maximum absolute atomic E-state index is 2.64. The van der Waals surface area contributed by atoms with Crippen LogP contribution in [0, 0.1) is 19.3 Å². The Bertz CT molecular complexity index is 362. The van der Waals surface area contributed by atoms with Crippen molar-refractivity contribution in [3.63, 3.8) is 0 Å². The van der Waals surface area contributed by atoms with Gasteiger partial charge < -0.3 is 4.90 Å². The zero-order valence-corrected chi connectivity index (χ0v) is 13.6. The van der Waals surface area contributed by atoms with Gasteiger partial charge >= 0.3 is 0 Å². The van der Waals surface area contributed by atoms with Gasteiger partial charge in [-0.15, -0.1) is 0 Å². The highest BCUT2D eigenvalue weighted by atomic mass is 15.1. The highest BCUT2D eigenvalue weighted by Gasteiger charge is 2.31. The summed E-state index contributed by atoms with van der Waals surface area (Å²) in [5.74, 6) is 0. The number of rotatable bonds is 3. The van der Waals surface area contributed by atoms with Crippen LogP contribution in [-0.4, -0.2) is 24.5 Å². The number of likely N-dealkylation sites (tertiary alicyclic amines) is 1. The van der Waals surface area contributed by atoms with E-state index in [0.717, 1.165) is 5.41 Å². The fourth-order valence-corrected chi connectivity index (χ4v) is 3.10. The van der Waals surface area contributed by atoms with Crippen molar-refractivity contribution in [3.05, 3.63) is 35.4 Å². The lowest BCUT2D eigenvalue weighted by Crippen LogP contribution is -2.31. The van der Waals surface area contributed by atoms with Crippen molar-refractivity contribution in [2.24, 2.45) is 5.41 Å². The molecule has 1 aliphatic carbocycles. The first kappa shape index (κ1) is 15.6. The molecule has 20 heavy (non-hydrogen) atoms. The Morgan fingerprint density at radius 2 is 1.40 bits per heavy atom. The van der Waals surface area contributed by atoms with Gasteiger partial charge in [-0.05, 0) is 71.0 Å². The molecule has 0 atom stereocenters. The summed E-state index contributed by atoms with van der Waals surface area (Å²) in [5, 5.41) is 0. The van der Waals surface area contributed by atoms with Crippen LogP contribution in [0.15, 0.2) is 24.3 Å². The third-order valence-corrected chi connectivity index (χ3v) is 5.01. The van der Waals surface area contributed by atoms with Crippen LogP contribution in [0.2, 0.25) is 0 Å². The van der Waals surface area contributed by atoms with Gasteiger partial charge in [-0.25, -0.2) is 0 Å². The molecule has 1 aromatic carbocycles. The molecule has 0 radical (unpaired) electrons. The maximum Gasteiger partial charge on any atom is -0.00135 e. The minimum Gasteiger partial charge on any atom is -0.303 e. The Labute approximate surface area is 125 Å². The molecule has 1 heterocycles. The molecular weight excluding hydrogens is 242 g/mol. The van der Waals surface area contributed by atoms with Crippen molar-refractivity contribution in [1.82, 2.24) is 4.90 Å². The summed E-state index contributed by atoms with van der Waals surface area (Å²) >= 11 is 0. The summed E-state index contributed by atoms with van der Waals surface area (Å²) in [6.07, 6.45) is 8.79. The van der Waals surface area contributed by atoms with Gasteiger partial charge in [0, 0.05) is 0 Å². The van der Waals surface area contributed by atoms with Gasteiger partial charge in [0.15, 0.2) is 0 Å². The average Bonchev–Trinajstić information content (AvgIpc) is 2.92. The Hall–Kier alpha value is -0.820. The SMILES string of the molecule is CC1(CCN2CCCC2)CCC1.Cc1ccc(C)cc1. The van der Waals surface area contributed by atoms with Crippen LogP contribution in [-0.2, 0) is 0 Å². The summed E-state index contributed by atoms with van der Waals surface area (Å²) in [4.78, 5) is 2.64. The standard InChI is InChI=1S/C11H21N.C8H10/c1-11(5-4-6-11)7-10-12-8-2-3-9-12;1-7-3-5-8(2)6-4-7/h2-10H2,1H3;3-6H,1-2H3. The minimum absolute atomic E-state index is 0.739. The molecule has 1 heteroatoms. The second kappa shape index (κ2) is 7.26. The fourth-order valence-electron chi connectivity index (χ4n) is 3.10. The van der Waals surface area contributed by atoms with Crippen molar-refractivity contribution in [3.8, 4) is 0 Å². The van der Waals surface area contributed by atoms with E-state index in [1.165, 1.54) is 69.3 Å². The van der Waals surface area contributed by atoms with Gasteiger partial charge in [0.05, 0.1) is 0 Å². The number of hydrogen-bond donors (Lipinski definition) is 0. The summed E-state index contributed by atoms with van der Waals surface area (Å²) in [6, 6.07) is 8.48. The van der Waals surface area contributed by atoms with Crippen LogP contribution in [0.1, 0.15) is 56.6 Å². The topological polar surface area (TPSA) is 3.24 Å². The van der Waals surface area contributed by atoms with Gasteiger partial charge in [0.25, 0.3) is 0 Å². The lowest BCUT2D eigenvalue weighted by Gasteiger charge is -2.39. The molecule has 0 unspecified atom stereocenters. The number of aryl methyl sites for hydroxylation is 2. The molecule has 0 spiro atoms. The van der Waals surface area contributed by atoms with Crippen LogP contribution in [0.4, 0.5) is 0 Å². The summed E-state index contributed by atoms with van der Waals surface area (Å²) < 4.78 is 0. The second-order valence-electron chi connectivity index (χ2n) is 7.12. The van der Waals surface area contributed by atoms with Gasteiger partial charge in [0.1, 0.15) is 0 Å². The van der Waals surface area contributed by atoms with Gasteiger partial charge in [-0.3, -0.25) is 0 Å². The third kappa shape index (κ3) is 4.94. The second-order valence-corrected chi connectivity index (χ2v) is 7.12. The summed E-state index contributed by atoms with van der Waals surface area (Å²) in [6.45, 7) is 10.8. The van der Waals surface area contributed by atoms with E-state index in [2.05, 4.69) is 49.9 Å². The van der Waals surface area contributed by atoms with E-state index in [-0.39, 0.29) is 0 Å². The Balaban J connectivity index is 0.000000160. The van der Waals surface area contributed by atoms with Crippen molar-refractivity contribution >= 4 is 0 Å². The quantitative estimate of drug-likeness (QED) is 0.752. The normalized spacial score (nSPS) is 20.9. The molecule has 1 saturated carbocycles. The lowest BCUT2D eigenvalue weighted by atomic mass is 9.68. The minimum atomic E-state index is 0.739. The van der Waals surface area contributed by atoms with E-state index >= 15 is 0 Å². The fraction of sp³-hybridized carbons (Fsp3) is 0.684. The average molecular weight is 273 g/mol. The molecule has 2 fully saturated rings. The monoisotopic (exact) mass is 273 g/mol. The molecule has 1 nitrogen and oxygen atoms in total. The van der Waals surface area contributed by atoms with Crippen LogP contribution < -0.4 is 0 Å². The van der Waals surface area contributed by atoms with E-state index in [1.54, 1.807) is 0 Å². The first-order valence-electron chi connectivity index (χ1n) is 8.33. The van der Waals surface area contributed by atoms with E-state index in [1.807, 2.05) is 0 Å². The molecular formula is C19H31N. The first-order chi connectivity index (χ1) is 9.57. The lowest BCUT2D eigenvalue weighted by molar-refractivity contribution is 0.125. The van der Waals surface area contributed by atoms with Gasteiger partial charge in [-0.2, -0.15) is 0 Å². The molecule has 1 aliphatic heterocycles. The van der Waals surface area contributed by atoms with Crippen LogP contribution in [0.3, 0.4) is 0 Å². The number of hydrogen-bond acceptors (Lipinski definition) is 1. The van der Waals surface area contributed by atoms with E-state index in [9.17, 15) is 0 Å². The Morgan fingerprint density at radius 3 is 1.80 bits per heavy atom. The number of benzene rings is 1.